The van der Waals surface area contributed by atoms with E-state index in [2.05, 4.69) is 71.8 Å². The SMILES string of the molecule is C[C@H](CO[Si](C)(C)C(C)(C)C)n1c(=S)[nH]c2cc(C(=O)Nc3ccc(OC(F)(F)Cl)cc3)cc(Br)c21. The first-order valence-electron chi connectivity index (χ1n) is 11.2. The van der Waals surface area contributed by atoms with Gasteiger partial charge in [0.15, 0.2) is 13.1 Å². The minimum atomic E-state index is -3.81. The van der Waals surface area contributed by atoms with Gasteiger partial charge in [0.25, 0.3) is 5.91 Å². The van der Waals surface area contributed by atoms with Crippen molar-refractivity contribution in [2.24, 2.45) is 0 Å². The van der Waals surface area contributed by atoms with Gasteiger partial charge in [-0.05, 0) is 89.6 Å². The Kier molecular flexibility index (Phi) is 8.41. The van der Waals surface area contributed by atoms with Crippen LogP contribution in [0.1, 0.15) is 44.1 Å². The Labute approximate surface area is 228 Å². The van der Waals surface area contributed by atoms with Gasteiger partial charge in [0, 0.05) is 27.3 Å². The molecule has 0 radical (unpaired) electrons. The van der Waals surface area contributed by atoms with Crippen molar-refractivity contribution in [1.82, 2.24) is 9.55 Å². The summed E-state index contributed by atoms with van der Waals surface area (Å²) in [5.41, 5.74) is -1.48. The average Bonchev–Trinajstić information content (AvgIpc) is 3.08. The van der Waals surface area contributed by atoms with Gasteiger partial charge in [-0.2, -0.15) is 0 Å². The van der Waals surface area contributed by atoms with E-state index >= 15 is 0 Å². The number of H-pyrrole nitrogens is 1. The molecule has 0 saturated carbocycles. The van der Waals surface area contributed by atoms with Gasteiger partial charge in [0.05, 0.1) is 23.7 Å². The lowest BCUT2D eigenvalue weighted by Gasteiger charge is -2.37. The smallest absolute Gasteiger partial charge is 0.420 e. The number of hydrogen-bond acceptors (Lipinski definition) is 4. The first-order valence-corrected chi connectivity index (χ1v) is 15.7. The standard InChI is InChI=1S/C24H29BrClF2N3O3SSi/c1-14(13-33-36(5,6)23(2,3)4)31-20-18(25)11-15(12-19(20)30-22(31)35)21(32)29-16-7-9-17(10-8-16)34-24(26,27)28/h7-12,14H,13H2,1-6H3,(H,29,32)(H,30,35)/t14-/m1/s1. The molecule has 0 unspecified atom stereocenters. The van der Waals surface area contributed by atoms with Crippen molar-refractivity contribution in [1.29, 1.82) is 0 Å². The zero-order chi connectivity index (χ0) is 27.1. The van der Waals surface area contributed by atoms with E-state index in [9.17, 15) is 13.6 Å². The van der Waals surface area contributed by atoms with Gasteiger partial charge < -0.3 is 24.0 Å². The van der Waals surface area contributed by atoms with Crippen LogP contribution < -0.4 is 10.1 Å². The van der Waals surface area contributed by atoms with Crippen molar-refractivity contribution in [3.8, 4) is 5.75 Å². The lowest BCUT2D eigenvalue weighted by Crippen LogP contribution is -2.42. The maximum atomic E-state index is 12.9. The third kappa shape index (κ3) is 6.74. The van der Waals surface area contributed by atoms with Crippen molar-refractivity contribution in [3.05, 3.63) is 51.2 Å². The fourth-order valence-electron chi connectivity index (χ4n) is 3.33. The van der Waals surface area contributed by atoms with Gasteiger partial charge in [-0.1, -0.05) is 20.8 Å². The zero-order valence-corrected chi connectivity index (χ0v) is 25.0. The predicted molar refractivity (Wildman–Crippen MR) is 149 cm³/mol. The van der Waals surface area contributed by atoms with E-state index in [-0.39, 0.29) is 22.7 Å². The number of amides is 1. The highest BCUT2D eigenvalue weighted by atomic mass is 79.9. The first kappa shape index (κ1) is 28.8. The molecule has 0 saturated heterocycles. The maximum absolute atomic E-state index is 12.9. The number of nitrogens with zero attached hydrogens (tertiary/aromatic N) is 1. The number of fused-ring (bicyclic) bond motifs is 1. The fourth-order valence-corrected chi connectivity index (χ4v) is 5.54. The summed E-state index contributed by atoms with van der Waals surface area (Å²) in [6.07, 6.45) is 0. The lowest BCUT2D eigenvalue weighted by atomic mass is 10.1. The molecule has 3 aromatic rings. The number of hydrogen-bond donors (Lipinski definition) is 2. The Morgan fingerprint density at radius 1 is 1.25 bits per heavy atom. The molecule has 2 N–H and O–H groups in total. The van der Waals surface area contributed by atoms with Crippen LogP contribution in [0.15, 0.2) is 40.9 Å². The van der Waals surface area contributed by atoms with E-state index in [1.807, 2.05) is 4.57 Å². The molecule has 6 nitrogen and oxygen atoms in total. The number of anilines is 1. The highest BCUT2D eigenvalue weighted by Gasteiger charge is 2.37. The summed E-state index contributed by atoms with van der Waals surface area (Å²) in [7, 11) is -1.93. The average molecular weight is 621 g/mol. The molecule has 196 valence electrons. The molecule has 0 bridgehead atoms. The molecule has 0 spiro atoms. The monoisotopic (exact) mass is 619 g/mol. The summed E-state index contributed by atoms with van der Waals surface area (Å²) in [5, 5.41) is 2.83. The number of nitrogens with one attached hydrogen (secondary N) is 2. The number of ether oxygens (including phenoxy) is 1. The minimum Gasteiger partial charge on any atom is -0.420 e. The summed E-state index contributed by atoms with van der Waals surface area (Å²) >= 11 is 14.0. The van der Waals surface area contributed by atoms with E-state index in [4.69, 9.17) is 28.2 Å². The number of rotatable bonds is 8. The molecule has 3 rings (SSSR count). The molecule has 1 amide bonds. The molecule has 0 aliphatic carbocycles. The topological polar surface area (TPSA) is 68.3 Å². The lowest BCUT2D eigenvalue weighted by molar-refractivity contribution is -0.0964. The number of halogens is 4. The molecular weight excluding hydrogens is 592 g/mol. The van der Waals surface area contributed by atoms with Gasteiger partial charge >= 0.3 is 5.57 Å². The van der Waals surface area contributed by atoms with Crippen LogP contribution in [0.25, 0.3) is 11.0 Å². The molecule has 1 heterocycles. The van der Waals surface area contributed by atoms with Crippen LogP contribution in [0.5, 0.6) is 5.75 Å². The second-order valence-corrected chi connectivity index (χ2v) is 16.6. The Morgan fingerprint density at radius 2 is 1.86 bits per heavy atom. The Balaban J connectivity index is 1.81. The van der Waals surface area contributed by atoms with Crippen molar-refractivity contribution < 1.29 is 22.7 Å². The van der Waals surface area contributed by atoms with Gasteiger partial charge in [0.2, 0.25) is 0 Å². The van der Waals surface area contributed by atoms with Crippen LogP contribution in [0, 0.1) is 4.77 Å². The largest absolute Gasteiger partial charge is 0.487 e. The quantitative estimate of drug-likeness (QED) is 0.151. The molecule has 1 atom stereocenters. The Hall–Kier alpha value is -1.79. The third-order valence-corrected chi connectivity index (χ3v) is 11.8. The number of aromatic amines is 1. The normalized spacial score (nSPS) is 13.6. The second kappa shape index (κ2) is 10.5. The van der Waals surface area contributed by atoms with E-state index in [0.717, 1.165) is 5.52 Å². The number of alkyl halides is 3. The van der Waals surface area contributed by atoms with Crippen molar-refractivity contribution in [2.75, 3.05) is 11.9 Å². The molecule has 12 heteroatoms. The number of aromatic nitrogens is 2. The summed E-state index contributed by atoms with van der Waals surface area (Å²) in [5.74, 6) is -0.506. The number of carbonyl (C=O) groups is 1. The molecule has 0 aliphatic rings. The molecule has 1 aromatic heterocycles. The number of carbonyl (C=O) groups excluding carboxylic acids is 1. The zero-order valence-electron chi connectivity index (χ0n) is 20.8. The van der Waals surface area contributed by atoms with Crippen LogP contribution in [0.3, 0.4) is 0 Å². The van der Waals surface area contributed by atoms with E-state index in [1.54, 1.807) is 12.1 Å². The van der Waals surface area contributed by atoms with E-state index in [1.165, 1.54) is 24.3 Å². The molecule has 2 aromatic carbocycles. The summed E-state index contributed by atoms with van der Waals surface area (Å²) < 4.78 is 39.5. The summed E-state index contributed by atoms with van der Waals surface area (Å²) in [6, 6.07) is 8.86. The molecular formula is C24H29BrClF2N3O3SSi. The van der Waals surface area contributed by atoms with Crippen molar-refractivity contribution in [2.45, 2.75) is 57.4 Å². The molecule has 0 fully saturated rings. The van der Waals surface area contributed by atoms with E-state index < -0.39 is 13.9 Å². The number of imidazole rings is 1. The predicted octanol–water partition coefficient (Wildman–Crippen LogP) is 8.46. The highest BCUT2D eigenvalue weighted by Crippen LogP contribution is 2.37. The van der Waals surface area contributed by atoms with Crippen LogP contribution >= 0.6 is 39.7 Å². The second-order valence-electron chi connectivity index (χ2n) is 10.1. The minimum absolute atomic E-state index is 0.0301. The molecule has 36 heavy (non-hydrogen) atoms. The van der Waals surface area contributed by atoms with Crippen LogP contribution in [0.2, 0.25) is 18.1 Å². The van der Waals surface area contributed by atoms with Crippen molar-refractivity contribution in [3.63, 3.8) is 0 Å². The van der Waals surface area contributed by atoms with E-state index in [0.29, 0.717) is 32.6 Å². The fraction of sp³-hybridized carbons (Fsp3) is 0.417. The van der Waals surface area contributed by atoms with Gasteiger partial charge in [-0.3, -0.25) is 4.79 Å². The summed E-state index contributed by atoms with van der Waals surface area (Å²) in [6.45, 7) is 13.6. The third-order valence-electron chi connectivity index (χ3n) is 6.31. The van der Waals surface area contributed by atoms with Gasteiger partial charge in [-0.15, -0.1) is 8.78 Å². The molecule has 0 aliphatic heterocycles. The van der Waals surface area contributed by atoms with Crippen LogP contribution in [-0.2, 0) is 4.43 Å². The van der Waals surface area contributed by atoms with Crippen molar-refractivity contribution >= 4 is 70.7 Å². The number of benzene rings is 2. The Bertz CT molecular complexity index is 1320. The first-order chi connectivity index (χ1) is 16.5. The van der Waals surface area contributed by atoms with Crippen LogP contribution in [0.4, 0.5) is 14.5 Å². The van der Waals surface area contributed by atoms with Gasteiger partial charge in [-0.25, -0.2) is 0 Å². The highest BCUT2D eigenvalue weighted by molar-refractivity contribution is 9.10. The summed E-state index contributed by atoms with van der Waals surface area (Å²) in [4.78, 5) is 16.1. The van der Waals surface area contributed by atoms with Crippen LogP contribution in [-0.4, -0.2) is 36.0 Å². The Morgan fingerprint density at radius 3 is 2.42 bits per heavy atom. The maximum Gasteiger partial charge on any atom is 0.487 e. The van der Waals surface area contributed by atoms with Gasteiger partial charge in [0.1, 0.15) is 5.75 Å².